The minimum atomic E-state index is -0.0738. The molecule has 2 rings (SSSR count). The number of aromatic nitrogens is 1. The molecule has 0 bridgehead atoms. The van der Waals surface area contributed by atoms with E-state index in [4.69, 9.17) is 5.11 Å². The molecular formula is C16H26N4O2. The highest BCUT2D eigenvalue weighted by molar-refractivity contribution is 5.95. The lowest BCUT2D eigenvalue weighted by Gasteiger charge is -2.35. The molecule has 0 atom stereocenters. The number of hydrogen-bond donors (Lipinski definition) is 2. The average Bonchev–Trinajstić information content (AvgIpc) is 2.55. The minimum Gasteiger partial charge on any atom is -0.395 e. The predicted molar refractivity (Wildman–Crippen MR) is 87.4 cm³/mol. The zero-order chi connectivity index (χ0) is 15.9. The number of pyridine rings is 1. The second-order valence-electron chi connectivity index (χ2n) is 5.58. The second-order valence-corrected chi connectivity index (χ2v) is 5.58. The van der Waals surface area contributed by atoms with Crippen molar-refractivity contribution >= 4 is 11.7 Å². The summed E-state index contributed by atoms with van der Waals surface area (Å²) in [5.41, 5.74) is 1.73. The predicted octanol–water partition coefficient (Wildman–Crippen LogP) is 0.508. The molecule has 1 amide bonds. The summed E-state index contributed by atoms with van der Waals surface area (Å²) in [6.07, 6.45) is 3.57. The summed E-state index contributed by atoms with van der Waals surface area (Å²) in [7, 11) is 1.65. The van der Waals surface area contributed by atoms with Gasteiger partial charge in [0, 0.05) is 46.0 Å². The molecule has 2 heterocycles. The van der Waals surface area contributed by atoms with Crippen molar-refractivity contribution in [3.8, 4) is 0 Å². The number of anilines is 1. The summed E-state index contributed by atoms with van der Waals surface area (Å²) in [4.78, 5) is 20.9. The van der Waals surface area contributed by atoms with Crippen LogP contribution in [0.25, 0.3) is 0 Å². The number of β-amino-alcohol motifs (C(OH)–C–C–N with tert-alkyl or cyclic N) is 1. The van der Waals surface area contributed by atoms with E-state index in [1.165, 1.54) is 0 Å². The summed E-state index contributed by atoms with van der Waals surface area (Å²) in [5.74, 6) is 0.870. The van der Waals surface area contributed by atoms with Crippen molar-refractivity contribution in [1.29, 1.82) is 0 Å². The Kier molecular flexibility index (Phi) is 6.15. The van der Waals surface area contributed by atoms with Crippen molar-refractivity contribution in [3.63, 3.8) is 0 Å². The molecule has 1 saturated heterocycles. The maximum atomic E-state index is 11.9. The molecule has 1 aliphatic heterocycles. The van der Waals surface area contributed by atoms with Gasteiger partial charge < -0.3 is 15.3 Å². The molecule has 6 heteroatoms. The van der Waals surface area contributed by atoms with Crippen molar-refractivity contribution < 1.29 is 9.90 Å². The molecule has 0 aliphatic carbocycles. The Morgan fingerprint density at radius 3 is 2.68 bits per heavy atom. The molecule has 0 spiro atoms. The van der Waals surface area contributed by atoms with Crippen LogP contribution in [0, 0.1) is 0 Å². The van der Waals surface area contributed by atoms with Gasteiger partial charge >= 0.3 is 0 Å². The number of piperazine rings is 1. The van der Waals surface area contributed by atoms with E-state index in [1.807, 2.05) is 0 Å². The smallest absolute Gasteiger partial charge is 0.252 e. The highest BCUT2D eigenvalue weighted by Gasteiger charge is 2.19. The molecule has 22 heavy (non-hydrogen) atoms. The monoisotopic (exact) mass is 306 g/mol. The Hall–Kier alpha value is -1.66. The molecule has 1 aromatic heterocycles. The molecule has 1 fully saturated rings. The lowest BCUT2D eigenvalue weighted by atomic mass is 10.0. The van der Waals surface area contributed by atoms with E-state index < -0.39 is 0 Å². The summed E-state index contributed by atoms with van der Waals surface area (Å²) in [6.45, 7) is 6.72. The van der Waals surface area contributed by atoms with Gasteiger partial charge in [-0.3, -0.25) is 9.69 Å². The van der Waals surface area contributed by atoms with Crippen molar-refractivity contribution in [2.24, 2.45) is 0 Å². The number of hydrogen-bond acceptors (Lipinski definition) is 5. The third-order valence-electron chi connectivity index (χ3n) is 4.08. The highest BCUT2D eigenvalue weighted by Crippen LogP contribution is 2.19. The van der Waals surface area contributed by atoms with Crippen LogP contribution in [0.5, 0.6) is 0 Å². The molecule has 1 aromatic rings. The number of rotatable bonds is 6. The topological polar surface area (TPSA) is 68.7 Å². The maximum Gasteiger partial charge on any atom is 0.252 e. The van der Waals surface area contributed by atoms with Crippen LogP contribution in [0.1, 0.15) is 29.3 Å². The van der Waals surface area contributed by atoms with E-state index in [9.17, 15) is 4.79 Å². The van der Waals surface area contributed by atoms with E-state index in [0.717, 1.165) is 56.9 Å². The first-order valence-corrected chi connectivity index (χ1v) is 7.98. The summed E-state index contributed by atoms with van der Waals surface area (Å²) in [5, 5.41) is 11.7. The fraction of sp³-hybridized carbons (Fsp3) is 0.625. The van der Waals surface area contributed by atoms with Crippen LogP contribution in [0.15, 0.2) is 12.3 Å². The second kappa shape index (κ2) is 8.10. The average molecular weight is 306 g/mol. The number of aryl methyl sites for hydroxylation is 1. The Bertz CT molecular complexity index is 499. The summed E-state index contributed by atoms with van der Waals surface area (Å²) in [6, 6.07) is 2.05. The van der Waals surface area contributed by atoms with Crippen LogP contribution < -0.4 is 10.2 Å². The zero-order valence-corrected chi connectivity index (χ0v) is 13.5. The Morgan fingerprint density at radius 2 is 2.09 bits per heavy atom. The molecule has 0 radical (unpaired) electrons. The van der Waals surface area contributed by atoms with Gasteiger partial charge in [0.25, 0.3) is 5.91 Å². The Morgan fingerprint density at radius 1 is 1.36 bits per heavy atom. The van der Waals surface area contributed by atoms with Gasteiger partial charge in [-0.05, 0) is 18.1 Å². The number of carbonyl (C=O) groups is 1. The van der Waals surface area contributed by atoms with E-state index in [2.05, 4.69) is 33.1 Å². The van der Waals surface area contributed by atoms with E-state index >= 15 is 0 Å². The van der Waals surface area contributed by atoms with Crippen molar-refractivity contribution in [2.45, 2.75) is 19.8 Å². The third kappa shape index (κ3) is 3.96. The van der Waals surface area contributed by atoms with Gasteiger partial charge in [0.05, 0.1) is 12.2 Å². The SMILES string of the molecule is CCCc1cc(N2CCN(CCO)CC2)ncc1C(=O)NC. The lowest BCUT2D eigenvalue weighted by molar-refractivity contribution is 0.0962. The number of aliphatic hydroxyl groups excluding tert-OH is 1. The van der Waals surface area contributed by atoms with Gasteiger partial charge in [0.1, 0.15) is 5.82 Å². The van der Waals surface area contributed by atoms with E-state index in [1.54, 1.807) is 13.2 Å². The molecule has 0 aromatic carbocycles. The number of nitrogens with one attached hydrogen (secondary N) is 1. The standard InChI is InChI=1S/C16H26N4O2/c1-3-4-13-11-15(18-12-14(13)16(22)17-2)20-7-5-19(6-8-20)9-10-21/h11-12,21H,3-10H2,1-2H3,(H,17,22). The zero-order valence-electron chi connectivity index (χ0n) is 13.5. The first kappa shape index (κ1) is 16.7. The number of amides is 1. The molecule has 6 nitrogen and oxygen atoms in total. The molecule has 2 N–H and O–H groups in total. The number of nitrogens with zero attached hydrogens (tertiary/aromatic N) is 3. The molecule has 1 aliphatic rings. The van der Waals surface area contributed by atoms with Crippen molar-refractivity contribution in [1.82, 2.24) is 15.2 Å². The molecule has 0 saturated carbocycles. The first-order chi connectivity index (χ1) is 10.7. The van der Waals surface area contributed by atoms with Gasteiger partial charge in [-0.2, -0.15) is 0 Å². The van der Waals surface area contributed by atoms with Gasteiger partial charge in [-0.25, -0.2) is 4.98 Å². The van der Waals surface area contributed by atoms with Crippen molar-refractivity contribution in [3.05, 3.63) is 23.4 Å². The number of carbonyl (C=O) groups excluding carboxylic acids is 1. The van der Waals surface area contributed by atoms with Crippen molar-refractivity contribution in [2.75, 3.05) is 51.3 Å². The van der Waals surface area contributed by atoms with Gasteiger partial charge in [-0.15, -0.1) is 0 Å². The quantitative estimate of drug-likeness (QED) is 0.801. The van der Waals surface area contributed by atoms with Crippen LogP contribution >= 0.6 is 0 Å². The Labute approximate surface area is 132 Å². The molecule has 0 unspecified atom stereocenters. The van der Waals surface area contributed by atoms with E-state index in [-0.39, 0.29) is 12.5 Å². The fourth-order valence-electron chi connectivity index (χ4n) is 2.81. The first-order valence-electron chi connectivity index (χ1n) is 7.98. The molecule has 122 valence electrons. The van der Waals surface area contributed by atoms with Gasteiger partial charge in [0.15, 0.2) is 0 Å². The normalized spacial score (nSPS) is 15.9. The summed E-state index contributed by atoms with van der Waals surface area (Å²) >= 11 is 0. The van der Waals surface area contributed by atoms with Crippen LogP contribution in [0.3, 0.4) is 0 Å². The van der Waals surface area contributed by atoms with Crippen LogP contribution in [-0.4, -0.2) is 67.3 Å². The van der Waals surface area contributed by atoms with Crippen LogP contribution in [0.2, 0.25) is 0 Å². The van der Waals surface area contributed by atoms with Gasteiger partial charge in [0.2, 0.25) is 0 Å². The highest BCUT2D eigenvalue weighted by atomic mass is 16.3. The molecular weight excluding hydrogens is 280 g/mol. The van der Waals surface area contributed by atoms with Crippen LogP contribution in [0.4, 0.5) is 5.82 Å². The van der Waals surface area contributed by atoms with E-state index in [0.29, 0.717) is 5.56 Å². The van der Waals surface area contributed by atoms with Crippen LogP contribution in [-0.2, 0) is 6.42 Å². The number of aliphatic hydroxyl groups is 1. The summed E-state index contributed by atoms with van der Waals surface area (Å²) < 4.78 is 0. The Balaban J connectivity index is 2.12. The lowest BCUT2D eigenvalue weighted by Crippen LogP contribution is -2.47. The minimum absolute atomic E-state index is 0.0738. The van der Waals surface area contributed by atoms with Gasteiger partial charge in [-0.1, -0.05) is 13.3 Å². The maximum absolute atomic E-state index is 11.9. The fourth-order valence-corrected chi connectivity index (χ4v) is 2.81. The largest absolute Gasteiger partial charge is 0.395 e. The third-order valence-corrected chi connectivity index (χ3v) is 4.08.